The van der Waals surface area contributed by atoms with Crippen LogP contribution in [0.4, 0.5) is 5.13 Å². The van der Waals surface area contributed by atoms with Gasteiger partial charge in [-0.3, -0.25) is 10.1 Å². The Balaban J connectivity index is 2.12. The highest BCUT2D eigenvalue weighted by atomic mass is 35.5. The van der Waals surface area contributed by atoms with E-state index in [0.717, 1.165) is 5.56 Å². The second-order valence-electron chi connectivity index (χ2n) is 5.76. The van der Waals surface area contributed by atoms with Gasteiger partial charge in [-0.2, -0.15) is 0 Å². The fraction of sp³-hybridized carbons (Fsp3) is 0.357. The molecule has 5 nitrogen and oxygen atoms in total. The van der Waals surface area contributed by atoms with E-state index in [9.17, 15) is 4.79 Å². The first-order valence-electron chi connectivity index (χ1n) is 6.43. The maximum Gasteiger partial charge on any atom is 0.243 e. The van der Waals surface area contributed by atoms with E-state index in [0.29, 0.717) is 15.2 Å². The summed E-state index contributed by atoms with van der Waals surface area (Å²) in [6, 6.07) is 6.70. The lowest BCUT2D eigenvalue weighted by Gasteiger charge is -2.25. The molecule has 1 atom stereocenters. The number of hydrogen-bond acceptors (Lipinski definition) is 5. The number of hydrogen-bond donors (Lipinski definition) is 2. The van der Waals surface area contributed by atoms with E-state index in [2.05, 4.69) is 15.5 Å². The van der Waals surface area contributed by atoms with Crippen molar-refractivity contribution in [3.05, 3.63) is 29.3 Å². The first-order valence-corrected chi connectivity index (χ1v) is 7.63. The quantitative estimate of drug-likeness (QED) is 0.908. The molecule has 1 aromatic carbocycles. The summed E-state index contributed by atoms with van der Waals surface area (Å²) in [7, 11) is 0. The van der Waals surface area contributed by atoms with Crippen molar-refractivity contribution in [2.75, 3.05) is 5.32 Å². The van der Waals surface area contributed by atoms with Crippen LogP contribution in [0.25, 0.3) is 10.6 Å². The lowest BCUT2D eigenvalue weighted by molar-refractivity contribution is -0.119. The highest BCUT2D eigenvalue weighted by Crippen LogP contribution is 2.28. The van der Waals surface area contributed by atoms with Crippen molar-refractivity contribution >= 4 is 34.0 Å². The van der Waals surface area contributed by atoms with Gasteiger partial charge in [-0.15, -0.1) is 10.2 Å². The van der Waals surface area contributed by atoms with Crippen LogP contribution in [0.5, 0.6) is 0 Å². The van der Waals surface area contributed by atoms with Crippen molar-refractivity contribution in [3.8, 4) is 10.6 Å². The summed E-state index contributed by atoms with van der Waals surface area (Å²) in [6.07, 6.45) is 0. The molecule has 0 radical (unpaired) electrons. The minimum absolute atomic E-state index is 0.267. The van der Waals surface area contributed by atoms with Gasteiger partial charge < -0.3 is 5.73 Å². The van der Waals surface area contributed by atoms with Crippen LogP contribution in [-0.2, 0) is 4.79 Å². The fourth-order valence-electron chi connectivity index (χ4n) is 1.59. The maximum atomic E-state index is 12.0. The highest BCUT2D eigenvalue weighted by Gasteiger charge is 2.28. The number of nitrogens with zero attached hydrogens (tertiary/aromatic N) is 2. The average Bonchev–Trinajstić information content (AvgIpc) is 2.85. The second-order valence-corrected chi connectivity index (χ2v) is 7.17. The largest absolute Gasteiger partial charge is 0.319 e. The molecular weight excluding hydrogens is 308 g/mol. The SMILES string of the molecule is CC(C)(C)[C@H](N)C(=O)Nc1nnc(-c2cccc(Cl)c2)s1. The molecule has 0 aliphatic carbocycles. The van der Waals surface area contributed by atoms with Crippen molar-refractivity contribution in [1.29, 1.82) is 0 Å². The Morgan fingerprint density at radius 1 is 1.38 bits per heavy atom. The van der Waals surface area contributed by atoms with Crippen molar-refractivity contribution in [2.24, 2.45) is 11.1 Å². The summed E-state index contributed by atoms with van der Waals surface area (Å²) in [6.45, 7) is 5.73. The Labute approximate surface area is 132 Å². The number of carbonyl (C=O) groups is 1. The molecule has 0 fully saturated rings. The summed E-state index contributed by atoms with van der Waals surface area (Å²) in [4.78, 5) is 12.0. The summed E-state index contributed by atoms with van der Waals surface area (Å²) in [5.74, 6) is -0.267. The minimum Gasteiger partial charge on any atom is -0.319 e. The average molecular weight is 325 g/mol. The van der Waals surface area contributed by atoms with E-state index in [1.54, 1.807) is 12.1 Å². The first kappa shape index (κ1) is 15.9. The summed E-state index contributed by atoms with van der Waals surface area (Å²) >= 11 is 7.23. The van der Waals surface area contributed by atoms with Crippen molar-refractivity contribution < 1.29 is 4.79 Å². The van der Waals surface area contributed by atoms with E-state index >= 15 is 0 Å². The standard InChI is InChI=1S/C14H17ClN4OS/c1-14(2,3)10(16)11(20)17-13-19-18-12(21-13)8-5-4-6-9(15)7-8/h4-7,10H,16H2,1-3H3,(H,17,19,20)/t10-/m1/s1. The van der Waals surface area contributed by atoms with Crippen LogP contribution in [-0.4, -0.2) is 22.1 Å². The van der Waals surface area contributed by atoms with Crippen molar-refractivity contribution in [1.82, 2.24) is 10.2 Å². The van der Waals surface area contributed by atoms with E-state index < -0.39 is 6.04 Å². The Bertz CT molecular complexity index is 650. The van der Waals surface area contributed by atoms with Crippen molar-refractivity contribution in [2.45, 2.75) is 26.8 Å². The third-order valence-corrected chi connectivity index (χ3v) is 4.07. The predicted octanol–water partition coefficient (Wildman–Crippen LogP) is 3.17. The molecule has 1 heterocycles. The highest BCUT2D eigenvalue weighted by molar-refractivity contribution is 7.18. The molecule has 0 aliphatic heterocycles. The number of anilines is 1. The monoisotopic (exact) mass is 324 g/mol. The predicted molar refractivity (Wildman–Crippen MR) is 86.4 cm³/mol. The second kappa shape index (κ2) is 6.09. The molecule has 0 spiro atoms. The van der Waals surface area contributed by atoms with Crippen LogP contribution in [0.2, 0.25) is 5.02 Å². The van der Waals surface area contributed by atoms with Gasteiger partial charge in [0.1, 0.15) is 5.01 Å². The van der Waals surface area contributed by atoms with E-state index in [4.69, 9.17) is 17.3 Å². The molecule has 7 heteroatoms. The smallest absolute Gasteiger partial charge is 0.243 e. The number of benzene rings is 1. The molecular formula is C14H17ClN4OS. The van der Waals surface area contributed by atoms with Gasteiger partial charge in [-0.25, -0.2) is 0 Å². The van der Waals surface area contributed by atoms with E-state index in [1.807, 2.05) is 32.9 Å². The number of rotatable bonds is 3. The zero-order valence-electron chi connectivity index (χ0n) is 12.1. The molecule has 21 heavy (non-hydrogen) atoms. The summed E-state index contributed by atoms with van der Waals surface area (Å²) in [5, 5.41) is 12.5. The molecule has 2 rings (SSSR count). The Morgan fingerprint density at radius 3 is 2.71 bits per heavy atom. The Hall–Kier alpha value is -1.50. The maximum absolute atomic E-state index is 12.0. The van der Waals surface area contributed by atoms with Crippen LogP contribution in [0.15, 0.2) is 24.3 Å². The number of aromatic nitrogens is 2. The van der Waals surface area contributed by atoms with Crippen molar-refractivity contribution in [3.63, 3.8) is 0 Å². The molecule has 0 saturated heterocycles. The van der Waals surface area contributed by atoms with Crippen LogP contribution >= 0.6 is 22.9 Å². The van der Waals surface area contributed by atoms with Gasteiger partial charge in [0.05, 0.1) is 6.04 Å². The topological polar surface area (TPSA) is 80.9 Å². The van der Waals surface area contributed by atoms with Gasteiger partial charge in [0.15, 0.2) is 0 Å². The normalized spacial score (nSPS) is 13.0. The number of nitrogens with two attached hydrogens (primary N) is 1. The third kappa shape index (κ3) is 4.00. The third-order valence-electron chi connectivity index (χ3n) is 2.94. The zero-order chi connectivity index (χ0) is 15.6. The van der Waals surface area contributed by atoms with Gasteiger partial charge in [-0.1, -0.05) is 55.8 Å². The van der Waals surface area contributed by atoms with Gasteiger partial charge >= 0.3 is 0 Å². The fourth-order valence-corrected chi connectivity index (χ4v) is 2.52. The van der Waals surface area contributed by atoms with Gasteiger partial charge in [0, 0.05) is 10.6 Å². The van der Waals surface area contributed by atoms with Crippen LogP contribution in [0.1, 0.15) is 20.8 Å². The first-order chi connectivity index (χ1) is 9.77. The summed E-state index contributed by atoms with van der Waals surface area (Å²) < 4.78 is 0. The summed E-state index contributed by atoms with van der Waals surface area (Å²) in [5.41, 5.74) is 6.45. The molecule has 1 aromatic heterocycles. The van der Waals surface area contributed by atoms with E-state index in [-0.39, 0.29) is 11.3 Å². The molecule has 0 unspecified atom stereocenters. The lowest BCUT2D eigenvalue weighted by atomic mass is 9.87. The lowest BCUT2D eigenvalue weighted by Crippen LogP contribution is -2.45. The number of carbonyl (C=O) groups excluding carboxylic acids is 1. The van der Waals surface area contributed by atoms with Crippen LogP contribution in [0.3, 0.4) is 0 Å². The molecule has 0 bridgehead atoms. The van der Waals surface area contributed by atoms with Gasteiger partial charge in [-0.05, 0) is 17.5 Å². The minimum atomic E-state index is -0.615. The van der Waals surface area contributed by atoms with E-state index in [1.165, 1.54) is 11.3 Å². The number of halogens is 1. The molecule has 3 N–H and O–H groups in total. The molecule has 1 amide bonds. The van der Waals surface area contributed by atoms with Gasteiger partial charge in [0.25, 0.3) is 0 Å². The number of nitrogens with one attached hydrogen (secondary N) is 1. The molecule has 0 saturated carbocycles. The molecule has 112 valence electrons. The Kier molecular flexibility index (Phi) is 4.61. The van der Waals surface area contributed by atoms with Crippen LogP contribution < -0.4 is 11.1 Å². The molecule has 0 aliphatic rings. The molecule has 2 aromatic rings. The van der Waals surface area contributed by atoms with Gasteiger partial charge in [0.2, 0.25) is 11.0 Å². The van der Waals surface area contributed by atoms with Crippen LogP contribution in [0, 0.1) is 5.41 Å². The number of amides is 1. The Morgan fingerprint density at radius 2 is 2.10 bits per heavy atom. The zero-order valence-corrected chi connectivity index (χ0v) is 13.6.